The largest absolute Gasteiger partial charge is 0.507 e. The van der Waals surface area contributed by atoms with E-state index in [1.165, 1.54) is 44.9 Å². The van der Waals surface area contributed by atoms with Crippen molar-refractivity contribution in [2.24, 2.45) is 0 Å². The fraction of sp³-hybridized carbons (Fsp3) is 0.625. The molecule has 110 valence electrons. The van der Waals surface area contributed by atoms with Gasteiger partial charge in [0, 0.05) is 24.2 Å². The Balaban J connectivity index is 1.60. The number of phenolic OH excluding ortho intramolecular Hbond substituents is 1. The second kappa shape index (κ2) is 6.35. The van der Waals surface area contributed by atoms with Crippen LogP contribution >= 0.6 is 0 Å². The summed E-state index contributed by atoms with van der Waals surface area (Å²) in [5.74, 6) is 1.65. The van der Waals surface area contributed by atoms with Gasteiger partial charge in [0.05, 0.1) is 0 Å². The Bertz CT molecular complexity index is 453. The van der Waals surface area contributed by atoms with Crippen molar-refractivity contribution in [1.82, 2.24) is 5.32 Å². The number of benzene rings is 1. The molecule has 1 saturated carbocycles. The molecule has 0 aromatic heterocycles. The topological polar surface area (TPSA) is 50.7 Å². The van der Waals surface area contributed by atoms with Gasteiger partial charge in [0.15, 0.2) is 11.5 Å². The fourth-order valence-electron chi connectivity index (χ4n) is 3.03. The van der Waals surface area contributed by atoms with Crippen LogP contribution in [-0.4, -0.2) is 17.9 Å². The summed E-state index contributed by atoms with van der Waals surface area (Å²) in [6.45, 7) is 0.932. The zero-order valence-corrected chi connectivity index (χ0v) is 11.9. The molecule has 1 fully saturated rings. The monoisotopic (exact) mass is 277 g/mol. The van der Waals surface area contributed by atoms with E-state index in [1.807, 2.05) is 6.07 Å². The van der Waals surface area contributed by atoms with Gasteiger partial charge in [-0.25, -0.2) is 0 Å². The lowest BCUT2D eigenvalue weighted by atomic mass is 9.96. The maximum Gasteiger partial charge on any atom is 0.231 e. The molecular formula is C16H23NO3. The molecule has 0 amide bonds. The van der Waals surface area contributed by atoms with Crippen LogP contribution in [0.3, 0.4) is 0 Å². The van der Waals surface area contributed by atoms with Crippen molar-refractivity contribution >= 4 is 0 Å². The van der Waals surface area contributed by atoms with Gasteiger partial charge < -0.3 is 19.9 Å². The van der Waals surface area contributed by atoms with Crippen molar-refractivity contribution in [2.75, 3.05) is 6.79 Å². The Kier molecular flexibility index (Phi) is 4.31. The minimum absolute atomic E-state index is 0.244. The predicted molar refractivity (Wildman–Crippen MR) is 77.2 cm³/mol. The summed E-state index contributed by atoms with van der Waals surface area (Å²) in [6, 6.07) is 4.10. The SMILES string of the molecule is Oc1cc2c(cc1CNC1CCCCCCC1)OCO2. The lowest BCUT2D eigenvalue weighted by molar-refractivity contribution is 0.174. The van der Waals surface area contributed by atoms with Gasteiger partial charge in [-0.1, -0.05) is 32.1 Å². The van der Waals surface area contributed by atoms with Crippen LogP contribution in [0.15, 0.2) is 12.1 Å². The third-order valence-electron chi connectivity index (χ3n) is 4.26. The second-order valence-corrected chi connectivity index (χ2v) is 5.76. The highest BCUT2D eigenvalue weighted by Gasteiger charge is 2.18. The number of ether oxygens (including phenoxy) is 2. The summed E-state index contributed by atoms with van der Waals surface area (Å²) < 4.78 is 10.6. The van der Waals surface area contributed by atoms with Crippen LogP contribution in [0.1, 0.15) is 50.5 Å². The molecule has 1 heterocycles. The third kappa shape index (κ3) is 3.18. The zero-order valence-electron chi connectivity index (χ0n) is 11.9. The first-order valence-corrected chi connectivity index (χ1v) is 7.68. The molecule has 4 nitrogen and oxygen atoms in total. The molecular weight excluding hydrogens is 254 g/mol. The minimum atomic E-state index is 0.244. The number of hydrogen-bond donors (Lipinski definition) is 2. The zero-order chi connectivity index (χ0) is 13.8. The average Bonchev–Trinajstić information content (AvgIpc) is 2.84. The van der Waals surface area contributed by atoms with Crippen molar-refractivity contribution in [3.05, 3.63) is 17.7 Å². The summed E-state index contributed by atoms with van der Waals surface area (Å²) in [7, 11) is 0. The Hall–Kier alpha value is -1.42. The summed E-state index contributed by atoms with van der Waals surface area (Å²) in [4.78, 5) is 0. The molecule has 0 spiro atoms. The first-order valence-electron chi connectivity index (χ1n) is 7.68. The molecule has 1 aromatic rings. The first kappa shape index (κ1) is 13.6. The number of hydrogen-bond acceptors (Lipinski definition) is 4. The molecule has 0 bridgehead atoms. The number of nitrogens with one attached hydrogen (secondary N) is 1. The van der Waals surface area contributed by atoms with Crippen LogP contribution in [0.5, 0.6) is 17.2 Å². The molecule has 4 heteroatoms. The quantitative estimate of drug-likeness (QED) is 0.890. The van der Waals surface area contributed by atoms with Crippen molar-refractivity contribution in [2.45, 2.75) is 57.5 Å². The van der Waals surface area contributed by atoms with E-state index in [-0.39, 0.29) is 12.5 Å². The van der Waals surface area contributed by atoms with E-state index in [9.17, 15) is 5.11 Å². The molecule has 1 aromatic carbocycles. The summed E-state index contributed by atoms with van der Waals surface area (Å²) in [5, 5.41) is 13.6. The van der Waals surface area contributed by atoms with Gasteiger partial charge in [0.2, 0.25) is 6.79 Å². The highest BCUT2D eigenvalue weighted by atomic mass is 16.7. The van der Waals surface area contributed by atoms with E-state index in [2.05, 4.69) is 5.32 Å². The number of aromatic hydroxyl groups is 1. The maximum atomic E-state index is 10.0. The predicted octanol–water partition coefficient (Wildman–Crippen LogP) is 3.32. The van der Waals surface area contributed by atoms with Gasteiger partial charge in [-0.2, -0.15) is 0 Å². The Morgan fingerprint density at radius 1 is 1.00 bits per heavy atom. The lowest BCUT2D eigenvalue weighted by Crippen LogP contribution is -2.29. The second-order valence-electron chi connectivity index (χ2n) is 5.76. The molecule has 2 N–H and O–H groups in total. The van der Waals surface area contributed by atoms with E-state index in [0.717, 1.165) is 11.3 Å². The van der Waals surface area contributed by atoms with Crippen LogP contribution in [-0.2, 0) is 6.54 Å². The number of rotatable bonds is 3. The van der Waals surface area contributed by atoms with Crippen molar-refractivity contribution in [3.8, 4) is 17.2 Å². The summed E-state index contributed by atoms with van der Waals surface area (Å²) in [5.41, 5.74) is 0.885. The standard InChI is InChI=1S/C16H23NO3/c18-14-9-16-15(19-11-20-16)8-12(14)10-17-13-6-4-2-1-3-5-7-13/h8-9,13,17-18H,1-7,10-11H2. The third-order valence-corrected chi connectivity index (χ3v) is 4.26. The Morgan fingerprint density at radius 2 is 1.65 bits per heavy atom. The van der Waals surface area contributed by atoms with Gasteiger partial charge in [0.1, 0.15) is 5.75 Å². The molecule has 1 aliphatic heterocycles. The van der Waals surface area contributed by atoms with Crippen LogP contribution in [0.2, 0.25) is 0 Å². The van der Waals surface area contributed by atoms with Crippen molar-refractivity contribution in [1.29, 1.82) is 0 Å². The average molecular weight is 277 g/mol. The van der Waals surface area contributed by atoms with E-state index in [0.29, 0.717) is 18.3 Å². The lowest BCUT2D eigenvalue weighted by Gasteiger charge is -2.21. The molecule has 0 unspecified atom stereocenters. The van der Waals surface area contributed by atoms with Crippen molar-refractivity contribution < 1.29 is 14.6 Å². The Morgan fingerprint density at radius 3 is 2.40 bits per heavy atom. The highest BCUT2D eigenvalue weighted by Crippen LogP contribution is 2.37. The highest BCUT2D eigenvalue weighted by molar-refractivity contribution is 5.51. The van der Waals surface area contributed by atoms with E-state index < -0.39 is 0 Å². The molecule has 0 radical (unpaired) electrons. The van der Waals surface area contributed by atoms with Crippen LogP contribution in [0.4, 0.5) is 0 Å². The van der Waals surface area contributed by atoms with E-state index in [1.54, 1.807) is 6.07 Å². The normalized spacial score (nSPS) is 19.6. The molecule has 2 aliphatic rings. The van der Waals surface area contributed by atoms with Gasteiger partial charge in [0.25, 0.3) is 0 Å². The summed E-state index contributed by atoms with van der Waals surface area (Å²) >= 11 is 0. The molecule has 20 heavy (non-hydrogen) atoms. The van der Waals surface area contributed by atoms with Gasteiger partial charge in [-0.05, 0) is 18.9 Å². The summed E-state index contributed by atoms with van der Waals surface area (Å²) in [6.07, 6.45) is 9.20. The number of fused-ring (bicyclic) bond motifs is 1. The first-order chi connectivity index (χ1) is 9.83. The molecule has 0 atom stereocenters. The number of phenols is 1. The molecule has 1 aliphatic carbocycles. The maximum absolute atomic E-state index is 10.0. The molecule has 3 rings (SSSR count). The fourth-order valence-corrected chi connectivity index (χ4v) is 3.03. The van der Waals surface area contributed by atoms with Gasteiger partial charge in [-0.15, -0.1) is 0 Å². The van der Waals surface area contributed by atoms with E-state index >= 15 is 0 Å². The van der Waals surface area contributed by atoms with Crippen LogP contribution < -0.4 is 14.8 Å². The minimum Gasteiger partial charge on any atom is -0.507 e. The van der Waals surface area contributed by atoms with Gasteiger partial charge in [-0.3, -0.25) is 0 Å². The molecule has 0 saturated heterocycles. The Labute approximate surface area is 120 Å². The van der Waals surface area contributed by atoms with E-state index in [4.69, 9.17) is 9.47 Å². The van der Waals surface area contributed by atoms with Crippen LogP contribution in [0, 0.1) is 0 Å². The van der Waals surface area contributed by atoms with Crippen LogP contribution in [0.25, 0.3) is 0 Å². The smallest absolute Gasteiger partial charge is 0.231 e. The van der Waals surface area contributed by atoms with Crippen molar-refractivity contribution in [3.63, 3.8) is 0 Å². The van der Waals surface area contributed by atoms with Gasteiger partial charge >= 0.3 is 0 Å².